The number of carbonyl (C=O) groups is 1. The van der Waals surface area contributed by atoms with Crippen LogP contribution in [0.25, 0.3) is 0 Å². The lowest BCUT2D eigenvalue weighted by molar-refractivity contribution is -0.137. The van der Waals surface area contributed by atoms with Gasteiger partial charge >= 0.3 is 6.18 Å². The zero-order chi connectivity index (χ0) is 30.1. The topological polar surface area (TPSA) is 138 Å². The molecule has 1 saturated heterocycles. The van der Waals surface area contributed by atoms with Crippen LogP contribution in [-0.4, -0.2) is 32.7 Å². The summed E-state index contributed by atoms with van der Waals surface area (Å²) < 4.78 is 95.3. The molecule has 1 aliphatic heterocycles. The average Bonchev–Trinajstić information content (AvgIpc) is 3.51. The van der Waals surface area contributed by atoms with Crippen LogP contribution in [0.15, 0.2) is 90.0 Å². The quantitative estimate of drug-likeness (QED) is 0.258. The summed E-state index contributed by atoms with van der Waals surface area (Å²) >= 11 is 0. The summed E-state index contributed by atoms with van der Waals surface area (Å²) in [6, 6.07) is 18.2. The fourth-order valence-electron chi connectivity index (χ4n) is 4.70. The first-order chi connectivity index (χ1) is 19.8. The van der Waals surface area contributed by atoms with Crippen molar-refractivity contribution in [2.75, 3.05) is 0 Å². The molecular weight excluding hydrogens is 593 g/mol. The van der Waals surface area contributed by atoms with Crippen LogP contribution in [0.3, 0.4) is 0 Å². The molecule has 5 rings (SSSR count). The number of nitrogens with zero attached hydrogens (tertiary/aromatic N) is 1. The smallest absolute Gasteiger partial charge is 0.344 e. The van der Waals surface area contributed by atoms with Crippen molar-refractivity contribution in [3.63, 3.8) is 0 Å². The Hall–Kier alpha value is -4.01. The van der Waals surface area contributed by atoms with E-state index in [1.54, 1.807) is 30.5 Å². The van der Waals surface area contributed by atoms with E-state index in [2.05, 4.69) is 14.7 Å². The number of alkyl halides is 3. The van der Waals surface area contributed by atoms with Crippen molar-refractivity contribution < 1.29 is 34.8 Å². The minimum Gasteiger partial charge on any atom is -0.344 e. The van der Waals surface area contributed by atoms with Crippen LogP contribution in [0.1, 0.15) is 51.5 Å². The van der Waals surface area contributed by atoms with Gasteiger partial charge in [0.2, 0.25) is 26.0 Å². The summed E-state index contributed by atoms with van der Waals surface area (Å²) in [5.74, 6) is -0.356. The average molecular weight is 619 g/mol. The number of carbonyl (C=O) groups excluding carboxylic acids is 1. The molecule has 0 bridgehead atoms. The van der Waals surface area contributed by atoms with Gasteiger partial charge in [-0.15, -0.1) is 0 Å². The molecule has 2 atom stereocenters. The Morgan fingerprint density at radius 1 is 0.976 bits per heavy atom. The van der Waals surface area contributed by atoms with Gasteiger partial charge in [-0.25, -0.2) is 26.5 Å². The molecule has 0 unspecified atom stereocenters. The van der Waals surface area contributed by atoms with Crippen molar-refractivity contribution in [1.29, 1.82) is 0 Å². The Morgan fingerprint density at radius 2 is 1.69 bits per heavy atom. The molecule has 3 aromatic carbocycles. The Labute approximate surface area is 240 Å². The van der Waals surface area contributed by atoms with Gasteiger partial charge in [0.15, 0.2) is 0 Å². The number of benzene rings is 3. The van der Waals surface area contributed by atoms with Gasteiger partial charge < -0.3 is 4.98 Å². The maximum absolute atomic E-state index is 13.3. The summed E-state index contributed by atoms with van der Waals surface area (Å²) in [6.07, 6.45) is -2.86. The monoisotopic (exact) mass is 618 g/mol. The fraction of sp³-hybridized carbons (Fsp3) is 0.214. The molecular formula is C28H25F3N4O5S2. The van der Waals surface area contributed by atoms with E-state index in [0.29, 0.717) is 29.3 Å². The van der Waals surface area contributed by atoms with Crippen molar-refractivity contribution >= 4 is 26.0 Å². The first-order valence-electron chi connectivity index (χ1n) is 12.7. The lowest BCUT2D eigenvalue weighted by atomic mass is 10.0. The minimum absolute atomic E-state index is 0.0331. The molecule has 0 radical (unpaired) electrons. The zero-order valence-electron chi connectivity index (χ0n) is 21.8. The highest BCUT2D eigenvalue weighted by Gasteiger charge is 2.38. The van der Waals surface area contributed by atoms with Crippen LogP contribution in [0.2, 0.25) is 0 Å². The summed E-state index contributed by atoms with van der Waals surface area (Å²) in [6.45, 7) is 0. The van der Waals surface area contributed by atoms with E-state index in [0.717, 1.165) is 23.8 Å². The second-order valence-corrected chi connectivity index (χ2v) is 13.4. The maximum atomic E-state index is 13.3. The molecule has 1 fully saturated rings. The number of nitrogens with one attached hydrogen (secondary N) is 3. The lowest BCUT2D eigenvalue weighted by Gasteiger charge is -2.18. The third-order valence-electron chi connectivity index (χ3n) is 6.78. The Bertz CT molecular complexity index is 1810. The van der Waals surface area contributed by atoms with Crippen LogP contribution < -0.4 is 9.44 Å². The number of imidazole rings is 1. The third-order valence-corrected chi connectivity index (χ3v) is 9.95. The van der Waals surface area contributed by atoms with E-state index < -0.39 is 53.9 Å². The van der Waals surface area contributed by atoms with E-state index in [1.807, 2.05) is 35.1 Å². The molecule has 0 saturated carbocycles. The number of halogens is 3. The number of hydrogen-bond acceptors (Lipinski definition) is 6. The van der Waals surface area contributed by atoms with Gasteiger partial charge in [-0.2, -0.15) is 13.2 Å². The normalized spacial score (nSPS) is 17.6. The van der Waals surface area contributed by atoms with Gasteiger partial charge in [0.1, 0.15) is 11.1 Å². The highest BCUT2D eigenvalue weighted by molar-refractivity contribution is 7.90. The molecule has 0 aliphatic carbocycles. The summed E-state index contributed by atoms with van der Waals surface area (Å²) in [7, 11) is -8.28. The molecule has 4 aromatic rings. The summed E-state index contributed by atoms with van der Waals surface area (Å²) in [5.41, 5.74) is 1.56. The first-order valence-corrected chi connectivity index (χ1v) is 15.7. The largest absolute Gasteiger partial charge is 0.416 e. The van der Waals surface area contributed by atoms with Gasteiger partial charge in [0, 0.05) is 18.3 Å². The highest BCUT2D eigenvalue weighted by atomic mass is 32.2. The van der Waals surface area contributed by atoms with Crippen molar-refractivity contribution in [2.45, 2.75) is 41.6 Å². The lowest BCUT2D eigenvalue weighted by Crippen LogP contribution is -2.31. The van der Waals surface area contributed by atoms with E-state index >= 15 is 0 Å². The molecule has 2 heterocycles. The van der Waals surface area contributed by atoms with Crippen molar-refractivity contribution in [2.24, 2.45) is 0 Å². The van der Waals surface area contributed by atoms with E-state index in [1.165, 1.54) is 0 Å². The minimum atomic E-state index is -4.73. The van der Waals surface area contributed by atoms with Crippen LogP contribution in [0.5, 0.6) is 0 Å². The fourth-order valence-corrected chi connectivity index (χ4v) is 7.37. The molecule has 1 aliphatic rings. The Morgan fingerprint density at radius 3 is 2.33 bits per heavy atom. The molecule has 3 N–H and O–H groups in total. The number of sulfonamides is 2. The Balaban J connectivity index is 1.44. The first kappa shape index (κ1) is 29.5. The number of rotatable bonds is 9. The van der Waals surface area contributed by atoms with Crippen LogP contribution >= 0.6 is 0 Å². The molecule has 42 heavy (non-hydrogen) atoms. The predicted octanol–water partition coefficient (Wildman–Crippen LogP) is 4.17. The number of H-pyrrole nitrogens is 1. The summed E-state index contributed by atoms with van der Waals surface area (Å²) in [4.78, 5) is 18.6. The van der Waals surface area contributed by atoms with Gasteiger partial charge in [-0.1, -0.05) is 60.7 Å². The molecule has 1 amide bonds. The number of amides is 1. The number of hydrogen-bond donors (Lipinski definition) is 3. The van der Waals surface area contributed by atoms with Gasteiger partial charge in [-0.05, 0) is 41.3 Å². The number of aromatic amines is 1. The zero-order valence-corrected chi connectivity index (χ0v) is 23.4. The number of aromatic nitrogens is 2. The summed E-state index contributed by atoms with van der Waals surface area (Å²) in [5, 5.41) is -1.04. The molecule has 9 nitrogen and oxygen atoms in total. The molecule has 1 aromatic heterocycles. The Kier molecular flexibility index (Phi) is 7.96. The van der Waals surface area contributed by atoms with Gasteiger partial charge in [0.05, 0.1) is 22.9 Å². The standard InChI is InChI=1S/C28H25F3N4O5S2/c29-28(30,31)21-7-4-8-23(15-21)41(37,38)34-24(27-32-17-22(33-27)13-18-5-2-1-3-6-18)14-19-9-11-20(12-10-19)25-16-26(36)35-42(25,39)40/h1-12,15,17,24-25,34H,13-14,16H2,(H,32,33)(H,35,36)/t24-,25-/m0/s1. The van der Waals surface area contributed by atoms with E-state index in [9.17, 15) is 34.8 Å². The van der Waals surface area contributed by atoms with E-state index in [4.69, 9.17) is 0 Å². The van der Waals surface area contributed by atoms with Gasteiger partial charge in [-0.3, -0.25) is 9.52 Å². The van der Waals surface area contributed by atoms with Crippen molar-refractivity contribution in [3.05, 3.63) is 119 Å². The van der Waals surface area contributed by atoms with Crippen molar-refractivity contribution in [1.82, 2.24) is 19.4 Å². The van der Waals surface area contributed by atoms with Gasteiger partial charge in [0.25, 0.3) is 0 Å². The van der Waals surface area contributed by atoms with Crippen LogP contribution in [0.4, 0.5) is 13.2 Å². The molecule has 0 spiro atoms. The molecule has 220 valence electrons. The van der Waals surface area contributed by atoms with Crippen molar-refractivity contribution in [3.8, 4) is 0 Å². The molecule has 14 heteroatoms. The predicted molar refractivity (Wildman–Crippen MR) is 147 cm³/mol. The maximum Gasteiger partial charge on any atom is 0.416 e. The van der Waals surface area contributed by atoms with Crippen LogP contribution in [-0.2, 0) is 43.9 Å². The highest BCUT2D eigenvalue weighted by Crippen LogP contribution is 2.32. The van der Waals surface area contributed by atoms with Crippen LogP contribution in [0, 0.1) is 0 Å². The second-order valence-electron chi connectivity index (χ2n) is 9.86. The second kappa shape index (κ2) is 11.3. The SMILES string of the molecule is O=C1C[C@@H](c2ccc(C[C@H](NS(=O)(=O)c3cccc(C(F)(F)F)c3)c3ncc(Cc4ccccc4)[nH]3)cc2)S(=O)(=O)N1. The third kappa shape index (κ3) is 6.72. The van der Waals surface area contributed by atoms with E-state index in [-0.39, 0.29) is 18.7 Å².